The van der Waals surface area contributed by atoms with Crippen molar-refractivity contribution >= 4 is 6.09 Å². The standard InChI is InChI=1S/C36H48N2O4/c1-22-16-32-33(38(20-22)34(39)41-21-25-8-6-5-7-9-25)24(3)36(42-32)15-13-28-29-11-10-26-17-27(37-40)12-14-35(26,4)31(29)18-30(28)23(2)19-36/h5-9,17,22,24,27-29,31-33H,10-16,18-21H2,1-4H3/t22-,24+,27?,28-,29-,31-,32+,33-,35-,36-/m0/s1. The molecule has 6 heteroatoms. The van der Waals surface area contributed by atoms with Crippen molar-refractivity contribution in [2.24, 2.45) is 40.2 Å². The molecule has 42 heavy (non-hydrogen) atoms. The molecule has 4 aliphatic carbocycles. The zero-order chi connectivity index (χ0) is 29.2. The quantitative estimate of drug-likeness (QED) is 0.270. The lowest BCUT2D eigenvalue weighted by molar-refractivity contribution is -0.0784. The largest absolute Gasteiger partial charge is 0.445 e. The predicted octanol–water partition coefficient (Wildman–Crippen LogP) is 8.22. The molecule has 0 aromatic heterocycles. The van der Waals surface area contributed by atoms with Gasteiger partial charge in [0.2, 0.25) is 0 Å². The number of amides is 1. The fraction of sp³-hybridized carbons (Fsp3) is 0.694. The topological polar surface area (TPSA) is 68.2 Å². The van der Waals surface area contributed by atoms with E-state index in [1.165, 1.54) is 24.8 Å². The fourth-order valence-electron chi connectivity index (χ4n) is 10.6. The van der Waals surface area contributed by atoms with Crippen molar-refractivity contribution in [3.63, 3.8) is 0 Å². The molecule has 0 radical (unpaired) electrons. The first-order valence-corrected chi connectivity index (χ1v) is 16.6. The van der Waals surface area contributed by atoms with Crippen molar-refractivity contribution in [3.8, 4) is 0 Å². The van der Waals surface area contributed by atoms with Crippen LogP contribution in [0.25, 0.3) is 0 Å². The Bertz CT molecular complexity index is 1290. The molecule has 1 aromatic carbocycles. The number of nitroso groups, excluding NO2 is 1. The van der Waals surface area contributed by atoms with Crippen molar-refractivity contribution in [3.05, 3.63) is 63.6 Å². The molecule has 1 unspecified atom stereocenters. The SMILES string of the molecule is CC1=C2C[C@H]3[C@@H](CCC4=CC(N=O)CC[C@@]43C)[C@@H]2CC[C@@]2(C1)O[C@@H]1C[C@H](C)CN(C(=O)OCc3ccccc3)[C@H]1[C@H]2C. The van der Waals surface area contributed by atoms with Crippen LogP contribution in [0.15, 0.2) is 58.3 Å². The number of allylic oxidation sites excluding steroid dienone is 2. The monoisotopic (exact) mass is 572 g/mol. The Labute approximate surface area is 251 Å². The Morgan fingerprint density at radius 3 is 2.74 bits per heavy atom. The van der Waals surface area contributed by atoms with Gasteiger partial charge in [-0.2, -0.15) is 4.91 Å². The molecular weight excluding hydrogens is 524 g/mol. The third-order valence-electron chi connectivity index (χ3n) is 12.8. The summed E-state index contributed by atoms with van der Waals surface area (Å²) in [5, 5.41) is 3.39. The third-order valence-corrected chi connectivity index (χ3v) is 12.8. The Kier molecular flexibility index (Phi) is 7.15. The number of rotatable bonds is 3. The van der Waals surface area contributed by atoms with Crippen molar-refractivity contribution in [1.29, 1.82) is 0 Å². The first-order valence-electron chi connectivity index (χ1n) is 16.6. The molecule has 6 aliphatic rings. The van der Waals surface area contributed by atoms with E-state index >= 15 is 0 Å². The summed E-state index contributed by atoms with van der Waals surface area (Å²) in [6.07, 6.45) is 11.9. The summed E-state index contributed by atoms with van der Waals surface area (Å²) >= 11 is 0. The number of piperidine rings is 1. The molecule has 10 atom stereocenters. The second-order valence-corrected chi connectivity index (χ2v) is 15.0. The van der Waals surface area contributed by atoms with E-state index in [0.29, 0.717) is 24.4 Å². The van der Waals surface area contributed by atoms with E-state index < -0.39 is 0 Å². The molecule has 6 nitrogen and oxygen atoms in total. The van der Waals surface area contributed by atoms with Crippen LogP contribution in [0.2, 0.25) is 0 Å². The smallest absolute Gasteiger partial charge is 0.410 e. The molecule has 0 bridgehead atoms. The van der Waals surface area contributed by atoms with E-state index in [9.17, 15) is 9.70 Å². The van der Waals surface area contributed by atoms with Gasteiger partial charge in [0.25, 0.3) is 0 Å². The highest BCUT2D eigenvalue weighted by atomic mass is 16.6. The number of hydrogen-bond donors (Lipinski definition) is 0. The lowest BCUT2D eigenvalue weighted by Crippen LogP contribution is -2.54. The molecule has 2 aliphatic heterocycles. The average molecular weight is 573 g/mol. The highest BCUT2D eigenvalue weighted by Gasteiger charge is 2.60. The van der Waals surface area contributed by atoms with Gasteiger partial charge in [-0.05, 0) is 99.4 Å². The summed E-state index contributed by atoms with van der Waals surface area (Å²) in [5.74, 6) is 2.68. The molecule has 4 fully saturated rings. The molecule has 2 saturated heterocycles. The number of likely N-dealkylation sites (tertiary alicyclic amines) is 1. The minimum atomic E-state index is -0.217. The van der Waals surface area contributed by atoms with Crippen molar-refractivity contribution in [2.45, 2.75) is 116 Å². The lowest BCUT2D eigenvalue weighted by Gasteiger charge is -2.49. The van der Waals surface area contributed by atoms with Gasteiger partial charge in [0, 0.05) is 12.5 Å². The van der Waals surface area contributed by atoms with Crippen LogP contribution in [0.5, 0.6) is 0 Å². The second-order valence-electron chi connectivity index (χ2n) is 15.0. The van der Waals surface area contributed by atoms with Gasteiger partial charge in [0.15, 0.2) is 0 Å². The number of fused-ring (bicyclic) bond motifs is 6. The number of ether oxygens (including phenoxy) is 2. The Morgan fingerprint density at radius 1 is 1.14 bits per heavy atom. The summed E-state index contributed by atoms with van der Waals surface area (Å²) in [5.41, 5.74) is 5.77. The van der Waals surface area contributed by atoms with E-state index in [2.05, 4.69) is 38.9 Å². The van der Waals surface area contributed by atoms with Gasteiger partial charge < -0.3 is 14.4 Å². The number of carbonyl (C=O) groups excluding carboxylic acids is 1. The molecule has 2 heterocycles. The van der Waals surface area contributed by atoms with Crippen LogP contribution >= 0.6 is 0 Å². The number of benzene rings is 1. The highest BCUT2D eigenvalue weighted by Crippen LogP contribution is 2.64. The average Bonchev–Trinajstić information content (AvgIpc) is 3.45. The maximum Gasteiger partial charge on any atom is 0.410 e. The van der Waals surface area contributed by atoms with E-state index in [0.717, 1.165) is 56.6 Å². The zero-order valence-corrected chi connectivity index (χ0v) is 25.9. The van der Waals surface area contributed by atoms with Gasteiger partial charge >= 0.3 is 6.09 Å². The van der Waals surface area contributed by atoms with Crippen molar-refractivity contribution in [1.82, 2.24) is 4.90 Å². The maximum absolute atomic E-state index is 13.5. The molecule has 1 amide bonds. The summed E-state index contributed by atoms with van der Waals surface area (Å²) < 4.78 is 13.0. The Balaban J connectivity index is 1.11. The fourth-order valence-corrected chi connectivity index (χ4v) is 10.6. The lowest BCUT2D eigenvalue weighted by atomic mass is 9.56. The molecule has 226 valence electrons. The van der Waals surface area contributed by atoms with Crippen molar-refractivity contribution in [2.75, 3.05) is 6.54 Å². The van der Waals surface area contributed by atoms with Gasteiger partial charge in [-0.3, -0.25) is 0 Å². The molecular formula is C36H48N2O4. The van der Waals surface area contributed by atoms with Crippen LogP contribution in [-0.4, -0.2) is 41.3 Å². The Hall–Kier alpha value is -2.47. The number of carbonyl (C=O) groups is 1. The third kappa shape index (κ3) is 4.50. The number of nitrogens with zero attached hydrogens (tertiary/aromatic N) is 2. The molecule has 7 rings (SSSR count). The van der Waals surface area contributed by atoms with E-state index in [-0.39, 0.29) is 41.2 Å². The van der Waals surface area contributed by atoms with Crippen LogP contribution in [0, 0.1) is 39.9 Å². The summed E-state index contributed by atoms with van der Waals surface area (Å²) in [6.45, 7) is 10.5. The van der Waals surface area contributed by atoms with Crippen LogP contribution in [-0.2, 0) is 16.1 Å². The van der Waals surface area contributed by atoms with E-state index in [1.54, 1.807) is 11.1 Å². The second kappa shape index (κ2) is 10.6. The van der Waals surface area contributed by atoms with Gasteiger partial charge in [-0.25, -0.2) is 4.79 Å². The molecule has 1 spiro atoms. The van der Waals surface area contributed by atoms with Gasteiger partial charge in [-0.1, -0.05) is 79.1 Å². The maximum atomic E-state index is 13.5. The molecule has 2 saturated carbocycles. The molecule has 1 aromatic rings. The Morgan fingerprint density at radius 2 is 1.95 bits per heavy atom. The van der Waals surface area contributed by atoms with Gasteiger partial charge in [0.05, 0.1) is 17.7 Å². The first-order chi connectivity index (χ1) is 20.2. The normalized spacial score (nSPS) is 42.7. The predicted molar refractivity (Wildman–Crippen MR) is 164 cm³/mol. The van der Waals surface area contributed by atoms with Crippen molar-refractivity contribution < 1.29 is 14.3 Å². The molecule has 0 N–H and O–H groups in total. The zero-order valence-electron chi connectivity index (χ0n) is 25.9. The van der Waals surface area contributed by atoms with Gasteiger partial charge in [-0.15, -0.1) is 0 Å². The van der Waals surface area contributed by atoms with Crippen LogP contribution in [0.4, 0.5) is 4.79 Å². The number of hydrogen-bond acceptors (Lipinski definition) is 5. The van der Waals surface area contributed by atoms with E-state index in [1.807, 2.05) is 35.2 Å². The summed E-state index contributed by atoms with van der Waals surface area (Å²) in [7, 11) is 0. The van der Waals surface area contributed by atoms with Crippen LogP contribution in [0.3, 0.4) is 0 Å². The minimum Gasteiger partial charge on any atom is -0.445 e. The van der Waals surface area contributed by atoms with Crippen LogP contribution < -0.4 is 0 Å². The summed E-state index contributed by atoms with van der Waals surface area (Å²) in [4.78, 5) is 26.9. The summed E-state index contributed by atoms with van der Waals surface area (Å²) in [6, 6.07) is 9.90. The first kappa shape index (κ1) is 28.3. The minimum absolute atomic E-state index is 0.0656. The van der Waals surface area contributed by atoms with Crippen LogP contribution in [0.1, 0.15) is 91.0 Å². The van der Waals surface area contributed by atoms with Gasteiger partial charge in [0.1, 0.15) is 12.6 Å². The van der Waals surface area contributed by atoms with E-state index in [4.69, 9.17) is 9.47 Å². The highest BCUT2D eigenvalue weighted by molar-refractivity contribution is 5.68.